The smallest absolute Gasteiger partial charge is 0.241 e. The highest BCUT2D eigenvalue weighted by Gasteiger charge is 2.13. The SMILES string of the molecule is NS(=O)(=O)c1ccccc1OCF. The summed E-state index contributed by atoms with van der Waals surface area (Å²) in [6, 6.07) is 5.59. The number of sulfonamides is 1. The summed E-state index contributed by atoms with van der Waals surface area (Å²) in [5.41, 5.74) is 0. The van der Waals surface area contributed by atoms with E-state index in [1.54, 1.807) is 0 Å². The highest BCUT2D eigenvalue weighted by molar-refractivity contribution is 7.89. The van der Waals surface area contributed by atoms with Crippen molar-refractivity contribution in [1.82, 2.24) is 0 Å². The second-order valence-electron chi connectivity index (χ2n) is 2.25. The predicted octanol–water partition coefficient (Wildman–Crippen LogP) is 0.640. The van der Waals surface area contributed by atoms with Crippen molar-refractivity contribution in [3.05, 3.63) is 24.3 Å². The molecule has 2 N–H and O–H groups in total. The molecule has 0 bridgehead atoms. The van der Waals surface area contributed by atoms with Crippen LogP contribution in [0.4, 0.5) is 4.39 Å². The van der Waals surface area contributed by atoms with Crippen LogP contribution in [0.1, 0.15) is 0 Å². The average molecular weight is 205 g/mol. The van der Waals surface area contributed by atoms with Gasteiger partial charge in [-0.2, -0.15) is 0 Å². The zero-order valence-electron chi connectivity index (χ0n) is 6.60. The number of hydrogen-bond acceptors (Lipinski definition) is 3. The lowest BCUT2D eigenvalue weighted by Crippen LogP contribution is -2.13. The van der Waals surface area contributed by atoms with Crippen LogP contribution >= 0.6 is 0 Å². The van der Waals surface area contributed by atoms with Gasteiger partial charge in [-0.15, -0.1) is 0 Å². The van der Waals surface area contributed by atoms with E-state index in [4.69, 9.17) is 5.14 Å². The number of hydrogen-bond donors (Lipinski definition) is 1. The summed E-state index contributed by atoms with van der Waals surface area (Å²) in [4.78, 5) is -0.215. The van der Waals surface area contributed by atoms with Crippen LogP contribution in [0.3, 0.4) is 0 Å². The number of halogens is 1. The van der Waals surface area contributed by atoms with Crippen LogP contribution in [-0.4, -0.2) is 15.3 Å². The summed E-state index contributed by atoms with van der Waals surface area (Å²) in [6.45, 7) is -1.09. The largest absolute Gasteiger partial charge is 0.462 e. The number of benzene rings is 1. The molecule has 0 fully saturated rings. The fourth-order valence-electron chi connectivity index (χ4n) is 0.863. The Morgan fingerprint density at radius 3 is 2.54 bits per heavy atom. The van der Waals surface area contributed by atoms with Crippen LogP contribution in [-0.2, 0) is 10.0 Å². The molecule has 1 rings (SSSR count). The zero-order chi connectivity index (χ0) is 9.90. The first-order valence-corrected chi connectivity index (χ1v) is 4.91. The Balaban J connectivity index is 3.20. The van der Waals surface area contributed by atoms with E-state index < -0.39 is 16.9 Å². The summed E-state index contributed by atoms with van der Waals surface area (Å²) >= 11 is 0. The highest BCUT2D eigenvalue weighted by atomic mass is 32.2. The minimum Gasteiger partial charge on any atom is -0.462 e. The van der Waals surface area contributed by atoms with Crippen LogP contribution < -0.4 is 9.88 Å². The molecule has 0 unspecified atom stereocenters. The maximum absolute atomic E-state index is 11.8. The van der Waals surface area contributed by atoms with E-state index in [-0.39, 0.29) is 10.6 Å². The van der Waals surface area contributed by atoms with E-state index in [0.717, 1.165) is 0 Å². The van der Waals surface area contributed by atoms with Crippen molar-refractivity contribution in [3.8, 4) is 5.75 Å². The highest BCUT2D eigenvalue weighted by Crippen LogP contribution is 2.21. The first kappa shape index (κ1) is 9.94. The van der Waals surface area contributed by atoms with E-state index in [0.29, 0.717) is 0 Å². The van der Waals surface area contributed by atoms with Crippen LogP contribution in [0.2, 0.25) is 0 Å². The molecule has 0 heterocycles. The molecule has 0 atom stereocenters. The number of alkyl halides is 1. The molecule has 0 radical (unpaired) electrons. The van der Waals surface area contributed by atoms with Crippen molar-refractivity contribution < 1.29 is 17.5 Å². The van der Waals surface area contributed by atoms with Gasteiger partial charge in [0, 0.05) is 0 Å². The first-order chi connectivity index (χ1) is 6.05. The average Bonchev–Trinajstić information content (AvgIpc) is 2.04. The third-order valence-electron chi connectivity index (χ3n) is 1.37. The molecular weight excluding hydrogens is 197 g/mol. The standard InChI is InChI=1S/C7H8FNO3S/c8-5-12-6-3-1-2-4-7(6)13(9,10)11/h1-4H,5H2,(H2,9,10,11). The van der Waals surface area contributed by atoms with E-state index in [1.165, 1.54) is 24.3 Å². The van der Waals surface area contributed by atoms with Crippen molar-refractivity contribution in [2.75, 3.05) is 6.86 Å². The first-order valence-electron chi connectivity index (χ1n) is 3.36. The van der Waals surface area contributed by atoms with Crippen molar-refractivity contribution in [3.63, 3.8) is 0 Å². The molecule has 0 saturated carbocycles. The monoisotopic (exact) mass is 205 g/mol. The number of ether oxygens (including phenoxy) is 1. The molecule has 6 heteroatoms. The van der Waals surface area contributed by atoms with Crippen molar-refractivity contribution in [1.29, 1.82) is 0 Å². The van der Waals surface area contributed by atoms with Gasteiger partial charge < -0.3 is 4.74 Å². The Bertz CT molecular complexity index is 390. The van der Waals surface area contributed by atoms with E-state index in [2.05, 4.69) is 4.74 Å². The Labute approximate surface area is 75.2 Å². The number of para-hydroxylation sites is 1. The fourth-order valence-corrected chi connectivity index (χ4v) is 1.54. The second kappa shape index (κ2) is 3.71. The lowest BCUT2D eigenvalue weighted by molar-refractivity contribution is 0.187. The Kier molecular flexibility index (Phi) is 2.84. The van der Waals surface area contributed by atoms with Crippen LogP contribution in [0.5, 0.6) is 5.75 Å². The van der Waals surface area contributed by atoms with Gasteiger partial charge in [0.05, 0.1) is 0 Å². The number of nitrogens with two attached hydrogens (primary N) is 1. The van der Waals surface area contributed by atoms with Crippen LogP contribution in [0, 0.1) is 0 Å². The molecule has 0 amide bonds. The van der Waals surface area contributed by atoms with Gasteiger partial charge in [0.25, 0.3) is 0 Å². The third-order valence-corrected chi connectivity index (χ3v) is 2.32. The molecule has 0 saturated heterocycles. The van der Waals surface area contributed by atoms with E-state index in [9.17, 15) is 12.8 Å². The molecular formula is C7H8FNO3S. The van der Waals surface area contributed by atoms with Gasteiger partial charge in [-0.3, -0.25) is 0 Å². The van der Waals surface area contributed by atoms with Gasteiger partial charge in [-0.25, -0.2) is 17.9 Å². The molecule has 0 aromatic heterocycles. The zero-order valence-corrected chi connectivity index (χ0v) is 7.42. The summed E-state index contributed by atoms with van der Waals surface area (Å²) < 4.78 is 38.0. The molecule has 1 aromatic rings. The maximum Gasteiger partial charge on any atom is 0.241 e. The summed E-state index contributed by atoms with van der Waals surface area (Å²) in [7, 11) is -3.85. The minimum atomic E-state index is -3.85. The van der Waals surface area contributed by atoms with Gasteiger partial charge in [0.2, 0.25) is 16.9 Å². The van der Waals surface area contributed by atoms with Gasteiger partial charge >= 0.3 is 0 Å². The maximum atomic E-state index is 11.8. The molecule has 0 aliphatic carbocycles. The topological polar surface area (TPSA) is 69.4 Å². The molecule has 1 aromatic carbocycles. The van der Waals surface area contributed by atoms with Gasteiger partial charge in [-0.05, 0) is 12.1 Å². The van der Waals surface area contributed by atoms with Gasteiger partial charge in [0.1, 0.15) is 10.6 Å². The molecule has 0 aliphatic rings. The van der Waals surface area contributed by atoms with Crippen molar-refractivity contribution >= 4 is 10.0 Å². The molecule has 4 nitrogen and oxygen atoms in total. The van der Waals surface area contributed by atoms with E-state index in [1.807, 2.05) is 0 Å². The summed E-state index contributed by atoms with van der Waals surface area (Å²) in [5, 5.41) is 4.86. The Morgan fingerprint density at radius 1 is 1.38 bits per heavy atom. The van der Waals surface area contributed by atoms with Crippen molar-refractivity contribution in [2.45, 2.75) is 4.90 Å². The summed E-state index contributed by atoms with van der Waals surface area (Å²) in [6.07, 6.45) is 0. The minimum absolute atomic E-state index is 0.0764. The molecule has 0 aliphatic heterocycles. The second-order valence-corrected chi connectivity index (χ2v) is 3.78. The van der Waals surface area contributed by atoms with E-state index >= 15 is 0 Å². The predicted molar refractivity (Wildman–Crippen MR) is 44.4 cm³/mol. The van der Waals surface area contributed by atoms with Gasteiger partial charge in [-0.1, -0.05) is 12.1 Å². The number of primary sulfonamides is 1. The summed E-state index contributed by atoms with van der Waals surface area (Å²) in [5.74, 6) is -0.0764. The van der Waals surface area contributed by atoms with Crippen LogP contribution in [0.25, 0.3) is 0 Å². The van der Waals surface area contributed by atoms with Crippen molar-refractivity contribution in [2.24, 2.45) is 5.14 Å². The fraction of sp³-hybridized carbons (Fsp3) is 0.143. The quantitative estimate of drug-likeness (QED) is 0.787. The molecule has 72 valence electrons. The third kappa shape index (κ3) is 2.40. The normalized spacial score (nSPS) is 11.2. The Morgan fingerprint density at radius 2 is 2.00 bits per heavy atom. The van der Waals surface area contributed by atoms with Gasteiger partial charge in [0.15, 0.2) is 0 Å². The molecule has 0 spiro atoms. The lowest BCUT2D eigenvalue weighted by Gasteiger charge is -2.05. The van der Waals surface area contributed by atoms with Crippen LogP contribution in [0.15, 0.2) is 29.2 Å². The lowest BCUT2D eigenvalue weighted by atomic mass is 10.3. The Hall–Kier alpha value is -1.14. The number of rotatable bonds is 3. The molecule has 13 heavy (non-hydrogen) atoms.